The van der Waals surface area contributed by atoms with Crippen LogP contribution in [0.3, 0.4) is 0 Å². The van der Waals surface area contributed by atoms with Gasteiger partial charge in [0.25, 0.3) is 17.7 Å². The van der Waals surface area contributed by atoms with Crippen LogP contribution in [0.15, 0.2) is 47.1 Å². The Labute approximate surface area is 215 Å². The number of oxazole rings is 1. The van der Waals surface area contributed by atoms with Gasteiger partial charge in [0.2, 0.25) is 0 Å². The number of halogens is 4. The zero-order valence-electron chi connectivity index (χ0n) is 20.1. The first-order valence-electron chi connectivity index (χ1n) is 11.8. The number of anilines is 1. The summed E-state index contributed by atoms with van der Waals surface area (Å²) in [6.45, 7) is 4.79. The molecule has 1 N–H and O–H groups in total. The van der Waals surface area contributed by atoms with E-state index >= 15 is 0 Å². The van der Waals surface area contributed by atoms with Gasteiger partial charge < -0.3 is 14.6 Å². The van der Waals surface area contributed by atoms with Crippen molar-refractivity contribution in [3.63, 3.8) is 0 Å². The smallest absolute Gasteiger partial charge is 0.424 e. The first kappa shape index (κ1) is 25.1. The Morgan fingerprint density at radius 2 is 2.05 bits per heavy atom. The average Bonchev–Trinajstić information content (AvgIpc) is 3.49. The molecule has 4 aromatic rings. The lowest BCUT2D eigenvalue weighted by molar-refractivity contribution is -0.144. The molecule has 0 saturated carbocycles. The van der Waals surface area contributed by atoms with Crippen LogP contribution in [0.4, 0.5) is 19.2 Å². The molecule has 194 valence electrons. The van der Waals surface area contributed by atoms with Crippen LogP contribution >= 0.6 is 11.6 Å². The van der Waals surface area contributed by atoms with E-state index in [9.17, 15) is 18.0 Å². The van der Waals surface area contributed by atoms with Crippen LogP contribution in [0.2, 0.25) is 5.02 Å². The van der Waals surface area contributed by atoms with E-state index in [1.807, 2.05) is 6.92 Å². The van der Waals surface area contributed by atoms with Crippen molar-refractivity contribution in [2.45, 2.75) is 38.9 Å². The number of aryl methyl sites for hydroxylation is 1. The number of alkyl halides is 3. The number of hydrogen-bond donors (Lipinski definition) is 1. The van der Waals surface area contributed by atoms with Gasteiger partial charge in [-0.2, -0.15) is 18.2 Å². The predicted molar refractivity (Wildman–Crippen MR) is 132 cm³/mol. The highest BCUT2D eigenvalue weighted by atomic mass is 35.5. The fourth-order valence-corrected chi connectivity index (χ4v) is 4.83. The van der Waals surface area contributed by atoms with Crippen LogP contribution in [0.25, 0.3) is 16.8 Å². The van der Waals surface area contributed by atoms with Crippen LogP contribution in [0, 0.1) is 12.8 Å². The third kappa shape index (κ3) is 5.13. The van der Waals surface area contributed by atoms with Gasteiger partial charge in [-0.25, -0.2) is 9.67 Å². The number of aromatic nitrogens is 4. The van der Waals surface area contributed by atoms with E-state index in [4.69, 9.17) is 16.0 Å². The molecule has 8 nitrogen and oxygen atoms in total. The molecule has 1 saturated heterocycles. The summed E-state index contributed by atoms with van der Waals surface area (Å²) in [5.41, 5.74) is 2.50. The first-order valence-corrected chi connectivity index (χ1v) is 12.2. The van der Waals surface area contributed by atoms with E-state index in [2.05, 4.69) is 27.3 Å². The van der Waals surface area contributed by atoms with Crippen LogP contribution in [-0.4, -0.2) is 49.7 Å². The number of rotatable bonds is 5. The number of nitrogens with zero attached hydrogens (tertiary/aromatic N) is 5. The molecular formula is C25H24ClF3N6O2. The molecule has 12 heteroatoms. The summed E-state index contributed by atoms with van der Waals surface area (Å²) < 4.78 is 46.1. The highest BCUT2D eigenvalue weighted by molar-refractivity contribution is 6.31. The minimum atomic E-state index is -4.69. The molecule has 3 heterocycles. The van der Waals surface area contributed by atoms with Gasteiger partial charge in [0.1, 0.15) is 11.8 Å². The molecule has 0 unspecified atom stereocenters. The van der Waals surface area contributed by atoms with Crippen molar-refractivity contribution in [1.29, 1.82) is 0 Å². The van der Waals surface area contributed by atoms with Crippen molar-refractivity contribution < 1.29 is 22.4 Å². The molecule has 2 aromatic carbocycles. The van der Waals surface area contributed by atoms with Gasteiger partial charge in [-0.05, 0) is 56.0 Å². The molecule has 0 spiro atoms. The monoisotopic (exact) mass is 532 g/mol. The third-order valence-electron chi connectivity index (χ3n) is 6.56. The lowest BCUT2D eigenvalue weighted by Gasteiger charge is -2.40. The number of hydrogen-bond acceptors (Lipinski definition) is 6. The first-order chi connectivity index (χ1) is 17.6. The summed E-state index contributed by atoms with van der Waals surface area (Å²) in [4.78, 5) is 23.4. The van der Waals surface area contributed by atoms with Gasteiger partial charge in [0.15, 0.2) is 5.58 Å². The van der Waals surface area contributed by atoms with Crippen molar-refractivity contribution in [2.75, 3.05) is 18.4 Å². The van der Waals surface area contributed by atoms with Gasteiger partial charge in [-0.3, -0.25) is 4.79 Å². The Hall–Kier alpha value is -3.60. The quantitative estimate of drug-likeness (QED) is 0.352. The number of nitrogens with one attached hydrogen (secondary N) is 1. The van der Waals surface area contributed by atoms with Gasteiger partial charge in [-0.1, -0.05) is 30.2 Å². The molecular weight excluding hydrogens is 509 g/mol. The van der Waals surface area contributed by atoms with E-state index in [1.54, 1.807) is 41.3 Å². The van der Waals surface area contributed by atoms with E-state index < -0.39 is 12.0 Å². The largest absolute Gasteiger partial charge is 0.453 e. The SMILES string of the molecule is Cc1ccc(-n2cnc(C(F)(F)F)n2)c(C(=O)N2CCC[C@@H](C)[C@H]2CNc2nc3cc(Cl)ccc3o2)c1. The Bertz CT molecular complexity index is 1450. The number of amides is 1. The second-order valence-corrected chi connectivity index (χ2v) is 9.66. The number of carbonyl (C=O) groups excluding carboxylic acids is 1. The maximum absolute atomic E-state index is 13.9. The fraction of sp³-hybridized carbons (Fsp3) is 0.360. The van der Waals surface area contributed by atoms with Crippen molar-refractivity contribution in [3.8, 4) is 5.69 Å². The predicted octanol–water partition coefficient (Wildman–Crippen LogP) is 5.74. The number of benzene rings is 2. The maximum Gasteiger partial charge on any atom is 0.453 e. The molecule has 1 aliphatic heterocycles. The lowest BCUT2D eigenvalue weighted by atomic mass is 9.90. The van der Waals surface area contributed by atoms with Gasteiger partial charge in [0, 0.05) is 18.1 Å². The van der Waals surface area contributed by atoms with Crippen LogP contribution < -0.4 is 5.32 Å². The van der Waals surface area contributed by atoms with Crippen LogP contribution in [0.1, 0.15) is 41.5 Å². The third-order valence-corrected chi connectivity index (χ3v) is 6.80. The summed E-state index contributed by atoms with van der Waals surface area (Å²) in [5.74, 6) is -1.38. The summed E-state index contributed by atoms with van der Waals surface area (Å²) >= 11 is 6.04. The molecule has 1 fully saturated rings. The molecule has 37 heavy (non-hydrogen) atoms. The summed E-state index contributed by atoms with van der Waals surface area (Å²) in [6, 6.07) is 10.3. The van der Waals surface area contributed by atoms with Crippen molar-refractivity contribution in [3.05, 3.63) is 64.7 Å². The molecule has 2 atom stereocenters. The van der Waals surface area contributed by atoms with Crippen molar-refractivity contribution in [2.24, 2.45) is 5.92 Å². The Kier molecular flexibility index (Phi) is 6.57. The summed E-state index contributed by atoms with van der Waals surface area (Å²) in [5, 5.41) is 7.32. The Balaban J connectivity index is 1.42. The second-order valence-electron chi connectivity index (χ2n) is 9.23. The Morgan fingerprint density at radius 3 is 2.81 bits per heavy atom. The van der Waals surface area contributed by atoms with E-state index in [-0.39, 0.29) is 29.1 Å². The molecule has 0 aliphatic carbocycles. The second kappa shape index (κ2) is 9.70. The number of fused-ring (bicyclic) bond motifs is 1. The number of carbonyl (C=O) groups is 1. The van der Waals surface area contributed by atoms with E-state index in [1.165, 1.54) is 0 Å². The van der Waals surface area contributed by atoms with Crippen molar-refractivity contribution in [1.82, 2.24) is 24.6 Å². The fourth-order valence-electron chi connectivity index (χ4n) is 4.67. The summed E-state index contributed by atoms with van der Waals surface area (Å²) in [6.07, 6.45) is -1.97. The van der Waals surface area contributed by atoms with E-state index in [0.717, 1.165) is 29.4 Å². The molecule has 1 amide bonds. The normalized spacial score (nSPS) is 18.4. The molecule has 2 aromatic heterocycles. The number of likely N-dealkylation sites (tertiary alicyclic amines) is 1. The molecule has 1 aliphatic rings. The molecule has 5 rings (SSSR count). The maximum atomic E-state index is 13.9. The molecule has 0 bridgehead atoms. The lowest BCUT2D eigenvalue weighted by Crippen LogP contribution is -2.51. The number of piperidine rings is 1. The zero-order chi connectivity index (χ0) is 26.3. The minimum absolute atomic E-state index is 0.167. The standard InChI is InChI=1S/C25H24ClF3N6O2/c1-14-5-7-19(35-13-31-23(33-35)25(27,28)29)17(10-14)22(36)34-9-3-4-15(2)20(34)12-30-24-32-18-11-16(26)6-8-21(18)37-24/h5-8,10-11,13,15,20H,3-4,9,12H2,1-2H3,(H,30,32)/t15-,20-/m1/s1. The highest BCUT2D eigenvalue weighted by Gasteiger charge is 2.37. The minimum Gasteiger partial charge on any atom is -0.424 e. The van der Waals surface area contributed by atoms with Crippen molar-refractivity contribution >= 4 is 34.6 Å². The highest BCUT2D eigenvalue weighted by Crippen LogP contribution is 2.30. The van der Waals surface area contributed by atoms with Gasteiger partial charge >= 0.3 is 6.18 Å². The Morgan fingerprint density at radius 1 is 1.24 bits per heavy atom. The topological polar surface area (TPSA) is 89.1 Å². The van der Waals surface area contributed by atoms with Crippen LogP contribution in [-0.2, 0) is 6.18 Å². The zero-order valence-corrected chi connectivity index (χ0v) is 20.8. The average molecular weight is 533 g/mol. The van der Waals surface area contributed by atoms with Gasteiger partial charge in [-0.15, -0.1) is 5.10 Å². The summed E-state index contributed by atoms with van der Waals surface area (Å²) in [7, 11) is 0. The molecule has 0 radical (unpaired) electrons. The van der Waals surface area contributed by atoms with Crippen LogP contribution in [0.5, 0.6) is 0 Å². The van der Waals surface area contributed by atoms with Gasteiger partial charge in [0.05, 0.1) is 17.3 Å². The van der Waals surface area contributed by atoms with E-state index in [0.29, 0.717) is 35.2 Å².